The molecular weight excluding hydrogens is 372 g/mol. The molecule has 3 rings (SSSR count). The molecular formula is C19H23ClN2O3S. The molecule has 0 amide bonds. The Kier molecular flexibility index (Phi) is 6.67. The molecule has 1 unspecified atom stereocenters. The van der Waals surface area contributed by atoms with E-state index in [4.69, 9.17) is 16.3 Å². The van der Waals surface area contributed by atoms with Gasteiger partial charge in [-0.3, -0.25) is 0 Å². The highest BCUT2D eigenvalue weighted by molar-refractivity contribution is 7.89. The van der Waals surface area contributed by atoms with E-state index in [9.17, 15) is 8.42 Å². The highest BCUT2D eigenvalue weighted by Gasteiger charge is 2.17. The average molecular weight is 395 g/mol. The van der Waals surface area contributed by atoms with Crippen LogP contribution in [-0.4, -0.2) is 46.6 Å². The smallest absolute Gasteiger partial charge is 0.240 e. The molecule has 0 saturated carbocycles. The Morgan fingerprint density at radius 3 is 2.62 bits per heavy atom. The van der Waals surface area contributed by atoms with Gasteiger partial charge >= 0.3 is 0 Å². The molecule has 0 radical (unpaired) electrons. The number of sulfonamides is 1. The van der Waals surface area contributed by atoms with Crippen molar-refractivity contribution in [2.24, 2.45) is 0 Å². The molecule has 0 aliphatic carbocycles. The van der Waals surface area contributed by atoms with Crippen LogP contribution in [0.1, 0.15) is 5.56 Å². The lowest BCUT2D eigenvalue weighted by atomic mass is 9.95. The van der Waals surface area contributed by atoms with Gasteiger partial charge in [0.25, 0.3) is 0 Å². The third kappa shape index (κ3) is 4.84. The van der Waals surface area contributed by atoms with Gasteiger partial charge in [0.2, 0.25) is 10.0 Å². The second kappa shape index (κ2) is 8.97. The van der Waals surface area contributed by atoms with E-state index in [-0.39, 0.29) is 23.4 Å². The number of halogens is 1. The fourth-order valence-electron chi connectivity index (χ4n) is 3.05. The van der Waals surface area contributed by atoms with Gasteiger partial charge in [-0.25, -0.2) is 13.1 Å². The van der Waals surface area contributed by atoms with Crippen LogP contribution in [0.15, 0.2) is 53.4 Å². The highest BCUT2D eigenvalue weighted by atomic mass is 35.5. The molecule has 26 heavy (non-hydrogen) atoms. The normalized spacial score (nSPS) is 18.0. The Bertz CT molecular complexity index is 819. The van der Waals surface area contributed by atoms with Crippen LogP contribution < -0.4 is 10.0 Å². The zero-order chi connectivity index (χ0) is 18.4. The number of alkyl halides is 1. The molecule has 1 saturated heterocycles. The monoisotopic (exact) mass is 394 g/mol. The van der Waals surface area contributed by atoms with Crippen LogP contribution in [-0.2, 0) is 21.2 Å². The summed E-state index contributed by atoms with van der Waals surface area (Å²) in [6.07, 6.45) is 0.977. The fraction of sp³-hybridized carbons (Fsp3) is 0.368. The first-order valence-electron chi connectivity index (χ1n) is 8.66. The molecule has 1 fully saturated rings. The summed E-state index contributed by atoms with van der Waals surface area (Å²) < 4.78 is 32.6. The minimum absolute atomic E-state index is 0.157. The first-order chi connectivity index (χ1) is 12.6. The number of benzene rings is 2. The van der Waals surface area contributed by atoms with Crippen molar-refractivity contribution in [3.8, 4) is 11.1 Å². The maximum Gasteiger partial charge on any atom is 0.240 e. The summed E-state index contributed by atoms with van der Waals surface area (Å²) in [7, 11) is -3.52. The van der Waals surface area contributed by atoms with Gasteiger partial charge in [0.15, 0.2) is 0 Å². The Balaban J connectivity index is 1.81. The Morgan fingerprint density at radius 1 is 1.15 bits per heavy atom. The van der Waals surface area contributed by atoms with Crippen molar-refractivity contribution >= 4 is 21.6 Å². The molecule has 2 aromatic carbocycles. The van der Waals surface area contributed by atoms with Crippen molar-refractivity contribution in [1.29, 1.82) is 0 Å². The van der Waals surface area contributed by atoms with Crippen molar-refractivity contribution in [3.63, 3.8) is 0 Å². The molecule has 1 aliphatic heterocycles. The average Bonchev–Trinajstić information content (AvgIpc) is 2.68. The van der Waals surface area contributed by atoms with Crippen LogP contribution in [0, 0.1) is 0 Å². The minimum atomic E-state index is -3.52. The molecule has 1 aliphatic rings. The maximum absolute atomic E-state index is 12.2. The maximum atomic E-state index is 12.2. The van der Waals surface area contributed by atoms with Crippen molar-refractivity contribution in [1.82, 2.24) is 10.0 Å². The van der Waals surface area contributed by atoms with E-state index < -0.39 is 10.0 Å². The summed E-state index contributed by atoms with van der Waals surface area (Å²) in [4.78, 5) is 0.240. The molecule has 0 spiro atoms. The fourth-order valence-corrected chi connectivity index (χ4v) is 4.28. The van der Waals surface area contributed by atoms with Gasteiger partial charge in [-0.1, -0.05) is 36.4 Å². The van der Waals surface area contributed by atoms with Crippen molar-refractivity contribution in [3.05, 3.63) is 54.1 Å². The zero-order valence-corrected chi connectivity index (χ0v) is 16.0. The Labute approximate surface area is 159 Å². The Morgan fingerprint density at radius 2 is 1.92 bits per heavy atom. The first-order valence-corrected chi connectivity index (χ1v) is 10.7. The van der Waals surface area contributed by atoms with Gasteiger partial charge in [0.1, 0.15) is 0 Å². The zero-order valence-electron chi connectivity index (χ0n) is 14.4. The van der Waals surface area contributed by atoms with Crippen LogP contribution in [0.3, 0.4) is 0 Å². The van der Waals surface area contributed by atoms with Crippen LogP contribution in [0.25, 0.3) is 11.1 Å². The molecule has 7 heteroatoms. The van der Waals surface area contributed by atoms with E-state index in [1.165, 1.54) is 5.56 Å². The summed E-state index contributed by atoms with van der Waals surface area (Å²) in [5.41, 5.74) is 3.28. The molecule has 1 atom stereocenters. The van der Waals surface area contributed by atoms with E-state index in [0.29, 0.717) is 0 Å². The lowest BCUT2D eigenvalue weighted by Gasteiger charge is -2.24. The van der Waals surface area contributed by atoms with Gasteiger partial charge in [0.05, 0.1) is 17.6 Å². The summed E-state index contributed by atoms with van der Waals surface area (Å²) in [5, 5.41) is 3.35. The molecule has 2 aromatic rings. The molecule has 5 nitrogen and oxygen atoms in total. The summed E-state index contributed by atoms with van der Waals surface area (Å²) in [6.45, 7) is 2.68. The third-order valence-corrected chi connectivity index (χ3v) is 6.00. The third-order valence-electron chi connectivity index (χ3n) is 4.33. The number of ether oxygens (including phenoxy) is 1. The molecule has 1 heterocycles. The molecule has 0 aromatic heterocycles. The van der Waals surface area contributed by atoms with Crippen molar-refractivity contribution in [2.45, 2.75) is 17.4 Å². The SMILES string of the molecule is O=S(=O)(NCCCl)c1ccc(-c2ccccc2CC2CNCCO2)cc1. The van der Waals surface area contributed by atoms with Gasteiger partial charge in [-0.05, 0) is 28.8 Å². The number of hydrogen-bond donors (Lipinski definition) is 2. The lowest BCUT2D eigenvalue weighted by Crippen LogP contribution is -2.39. The number of morpholine rings is 1. The van der Waals surface area contributed by atoms with Crippen LogP contribution in [0.2, 0.25) is 0 Å². The predicted molar refractivity (Wildman–Crippen MR) is 104 cm³/mol. The van der Waals surface area contributed by atoms with E-state index >= 15 is 0 Å². The molecule has 2 N–H and O–H groups in total. The quantitative estimate of drug-likeness (QED) is 0.707. The second-order valence-electron chi connectivity index (χ2n) is 6.17. The number of nitrogens with one attached hydrogen (secondary N) is 2. The number of hydrogen-bond acceptors (Lipinski definition) is 4. The number of rotatable bonds is 7. The van der Waals surface area contributed by atoms with Gasteiger partial charge in [-0.2, -0.15) is 0 Å². The van der Waals surface area contributed by atoms with Gasteiger partial charge in [-0.15, -0.1) is 11.6 Å². The second-order valence-corrected chi connectivity index (χ2v) is 8.31. The summed E-state index contributed by atoms with van der Waals surface area (Å²) in [5.74, 6) is 0.239. The largest absolute Gasteiger partial charge is 0.375 e. The van der Waals surface area contributed by atoms with Gasteiger partial charge in [0, 0.05) is 31.9 Å². The van der Waals surface area contributed by atoms with E-state index in [1.807, 2.05) is 24.3 Å². The first kappa shape index (κ1) is 19.3. The summed E-state index contributed by atoms with van der Waals surface area (Å²) in [6, 6.07) is 15.1. The molecule has 140 valence electrons. The Hall–Kier alpha value is -1.44. The van der Waals surface area contributed by atoms with Crippen LogP contribution in [0.5, 0.6) is 0 Å². The van der Waals surface area contributed by atoms with Crippen molar-refractivity contribution < 1.29 is 13.2 Å². The van der Waals surface area contributed by atoms with Crippen LogP contribution >= 0.6 is 11.6 Å². The van der Waals surface area contributed by atoms with Gasteiger partial charge < -0.3 is 10.1 Å². The summed E-state index contributed by atoms with van der Waals surface area (Å²) >= 11 is 5.56. The van der Waals surface area contributed by atoms with Crippen molar-refractivity contribution in [2.75, 3.05) is 32.1 Å². The lowest BCUT2D eigenvalue weighted by molar-refractivity contribution is 0.0293. The highest BCUT2D eigenvalue weighted by Crippen LogP contribution is 2.26. The molecule has 0 bridgehead atoms. The van der Waals surface area contributed by atoms with E-state index in [2.05, 4.69) is 22.2 Å². The van der Waals surface area contributed by atoms with E-state index in [1.54, 1.807) is 12.1 Å². The standard InChI is InChI=1S/C19H23ClN2O3S/c20-9-10-22-26(23,24)18-7-5-15(6-8-18)19-4-2-1-3-16(19)13-17-14-21-11-12-25-17/h1-8,17,21-22H,9-14H2. The van der Waals surface area contributed by atoms with E-state index in [0.717, 1.165) is 37.2 Å². The topological polar surface area (TPSA) is 67.4 Å². The predicted octanol–water partition coefficient (Wildman–Crippen LogP) is 2.40. The minimum Gasteiger partial charge on any atom is -0.375 e. The van der Waals surface area contributed by atoms with Crippen LogP contribution in [0.4, 0.5) is 0 Å².